The normalized spacial score (nSPS) is 10.9. The summed E-state index contributed by atoms with van der Waals surface area (Å²) in [6.45, 7) is 0.356. The molecule has 0 aliphatic carbocycles. The average Bonchev–Trinajstić information content (AvgIpc) is 2.58. The highest BCUT2D eigenvalue weighted by Gasteiger charge is 2.15. The molecule has 1 aromatic rings. The Kier molecular flexibility index (Phi) is 6.97. The Hall–Kier alpha value is -3.34. The number of methoxy groups -OCH3 is 1. The summed E-state index contributed by atoms with van der Waals surface area (Å²) < 4.78 is 9.70. The second kappa shape index (κ2) is 8.95. The number of nitrogens with zero attached hydrogens (tertiary/aromatic N) is 1. The van der Waals surface area contributed by atoms with Gasteiger partial charge < -0.3 is 20.5 Å². The molecule has 8 nitrogen and oxygen atoms in total. The number of nitrogens with two attached hydrogens (primary N) is 1. The lowest BCUT2D eigenvalue weighted by molar-refractivity contribution is -0.145. The summed E-state index contributed by atoms with van der Waals surface area (Å²) in [5.74, 6) is -1.51. The van der Waals surface area contributed by atoms with Gasteiger partial charge in [0, 0.05) is 11.3 Å². The van der Waals surface area contributed by atoms with E-state index in [1.807, 2.05) is 0 Å². The molecule has 0 radical (unpaired) electrons. The number of allylic oxidation sites excluding steroid dienone is 1. The quantitative estimate of drug-likeness (QED) is 0.417. The molecule has 0 saturated carbocycles. The SMILES string of the molecule is COc1cccc(C(=O)NCC(=O)OCC(=O)C(C#N)=C(C)N)c1. The molecule has 24 heavy (non-hydrogen) atoms. The predicted octanol–water partition coefficient (Wildman–Crippen LogP) is 0.294. The summed E-state index contributed by atoms with van der Waals surface area (Å²) in [6, 6.07) is 8.02. The molecule has 3 N–H and O–H groups in total. The third-order valence-electron chi connectivity index (χ3n) is 2.87. The van der Waals surface area contributed by atoms with Crippen LogP contribution in [0.2, 0.25) is 0 Å². The number of rotatable bonds is 7. The number of Topliss-reactive ketones (excluding diaryl/α,β-unsaturated/α-hetero) is 1. The summed E-state index contributed by atoms with van der Waals surface area (Å²) in [6.07, 6.45) is 0. The molecule has 0 atom stereocenters. The summed E-state index contributed by atoms with van der Waals surface area (Å²) in [5.41, 5.74) is 5.47. The van der Waals surface area contributed by atoms with E-state index in [1.165, 1.54) is 20.1 Å². The van der Waals surface area contributed by atoms with Gasteiger partial charge in [-0.2, -0.15) is 5.26 Å². The molecular formula is C16H17N3O5. The number of nitrogens with one attached hydrogen (secondary N) is 1. The fraction of sp³-hybridized carbons (Fsp3) is 0.250. The van der Waals surface area contributed by atoms with Crippen LogP contribution in [0.25, 0.3) is 0 Å². The van der Waals surface area contributed by atoms with Gasteiger partial charge in [0.05, 0.1) is 7.11 Å². The summed E-state index contributed by atoms with van der Waals surface area (Å²) in [5, 5.41) is 11.1. The molecule has 126 valence electrons. The van der Waals surface area contributed by atoms with Crippen LogP contribution in [0.15, 0.2) is 35.5 Å². The number of carbonyl (C=O) groups excluding carboxylic acids is 3. The van der Waals surface area contributed by atoms with Crippen molar-refractivity contribution in [2.24, 2.45) is 5.73 Å². The van der Waals surface area contributed by atoms with Gasteiger partial charge in [-0.3, -0.25) is 14.4 Å². The molecule has 0 heterocycles. The Bertz CT molecular complexity index is 715. The smallest absolute Gasteiger partial charge is 0.325 e. The molecule has 0 aromatic heterocycles. The van der Waals surface area contributed by atoms with Crippen LogP contribution in [0.4, 0.5) is 0 Å². The van der Waals surface area contributed by atoms with Crippen LogP contribution >= 0.6 is 0 Å². The van der Waals surface area contributed by atoms with Gasteiger partial charge in [-0.25, -0.2) is 0 Å². The number of amides is 1. The first kappa shape index (κ1) is 18.7. The van der Waals surface area contributed by atoms with Crippen molar-refractivity contribution >= 4 is 17.7 Å². The Balaban J connectivity index is 2.49. The van der Waals surface area contributed by atoms with E-state index in [0.29, 0.717) is 11.3 Å². The van der Waals surface area contributed by atoms with E-state index in [1.54, 1.807) is 24.3 Å². The van der Waals surface area contributed by atoms with Crippen molar-refractivity contribution in [1.29, 1.82) is 5.26 Å². The molecule has 0 saturated heterocycles. The van der Waals surface area contributed by atoms with Crippen molar-refractivity contribution in [2.45, 2.75) is 6.92 Å². The van der Waals surface area contributed by atoms with Crippen LogP contribution in [-0.2, 0) is 14.3 Å². The largest absolute Gasteiger partial charge is 0.497 e. The molecule has 0 bridgehead atoms. The van der Waals surface area contributed by atoms with Crippen molar-refractivity contribution in [3.8, 4) is 11.8 Å². The summed E-state index contributed by atoms with van der Waals surface area (Å²) >= 11 is 0. The maximum absolute atomic E-state index is 11.9. The Morgan fingerprint density at radius 2 is 2.04 bits per heavy atom. The number of nitriles is 1. The molecule has 0 unspecified atom stereocenters. The molecule has 0 aliphatic rings. The van der Waals surface area contributed by atoms with Crippen molar-refractivity contribution in [3.63, 3.8) is 0 Å². The molecule has 8 heteroatoms. The summed E-state index contributed by atoms with van der Waals surface area (Å²) in [7, 11) is 1.47. The Morgan fingerprint density at radius 1 is 1.33 bits per heavy atom. The van der Waals surface area contributed by atoms with Gasteiger partial charge in [0.25, 0.3) is 5.91 Å². The van der Waals surface area contributed by atoms with Crippen molar-refractivity contribution in [2.75, 3.05) is 20.3 Å². The van der Waals surface area contributed by atoms with Gasteiger partial charge in [-0.05, 0) is 25.1 Å². The molecular weight excluding hydrogens is 314 g/mol. The summed E-state index contributed by atoms with van der Waals surface area (Å²) in [4.78, 5) is 35.0. The minimum atomic E-state index is -0.813. The van der Waals surface area contributed by atoms with E-state index in [9.17, 15) is 14.4 Å². The van der Waals surface area contributed by atoms with Crippen LogP contribution in [-0.4, -0.2) is 37.9 Å². The lowest BCUT2D eigenvalue weighted by Crippen LogP contribution is -2.31. The van der Waals surface area contributed by atoms with E-state index < -0.39 is 30.8 Å². The number of hydrogen-bond donors (Lipinski definition) is 2. The average molecular weight is 331 g/mol. The van der Waals surface area contributed by atoms with Crippen LogP contribution < -0.4 is 15.8 Å². The highest BCUT2D eigenvalue weighted by atomic mass is 16.5. The maximum Gasteiger partial charge on any atom is 0.325 e. The van der Waals surface area contributed by atoms with Gasteiger partial charge in [-0.1, -0.05) is 6.07 Å². The number of hydrogen-bond acceptors (Lipinski definition) is 7. The lowest BCUT2D eigenvalue weighted by Gasteiger charge is -2.07. The fourth-order valence-corrected chi connectivity index (χ4v) is 1.66. The van der Waals surface area contributed by atoms with Crippen LogP contribution in [0, 0.1) is 11.3 Å². The molecule has 1 rings (SSSR count). The third-order valence-corrected chi connectivity index (χ3v) is 2.87. The first-order valence-electron chi connectivity index (χ1n) is 6.86. The molecule has 0 spiro atoms. The van der Waals surface area contributed by atoms with Crippen LogP contribution in [0.5, 0.6) is 5.75 Å². The zero-order chi connectivity index (χ0) is 18.1. The monoisotopic (exact) mass is 331 g/mol. The third kappa shape index (κ3) is 5.46. The number of benzene rings is 1. The second-order valence-corrected chi connectivity index (χ2v) is 4.67. The Labute approximate surface area is 138 Å². The maximum atomic E-state index is 11.9. The Morgan fingerprint density at radius 3 is 2.62 bits per heavy atom. The van der Waals surface area contributed by atoms with Gasteiger partial charge >= 0.3 is 5.97 Å². The van der Waals surface area contributed by atoms with E-state index in [-0.39, 0.29) is 11.3 Å². The minimum Gasteiger partial charge on any atom is -0.497 e. The number of esters is 1. The van der Waals surface area contributed by atoms with Crippen LogP contribution in [0.3, 0.4) is 0 Å². The first-order valence-corrected chi connectivity index (χ1v) is 6.86. The number of carbonyl (C=O) groups is 3. The second-order valence-electron chi connectivity index (χ2n) is 4.67. The number of ketones is 1. The highest BCUT2D eigenvalue weighted by Crippen LogP contribution is 2.12. The van der Waals surface area contributed by atoms with E-state index in [4.69, 9.17) is 20.5 Å². The standard InChI is InChI=1S/C16H17N3O5/c1-10(18)13(7-17)14(20)9-24-15(21)8-19-16(22)11-4-3-5-12(6-11)23-2/h3-6H,8-9,18H2,1-2H3,(H,19,22). The van der Waals surface area contributed by atoms with Crippen molar-refractivity contribution in [1.82, 2.24) is 5.32 Å². The molecule has 1 aromatic carbocycles. The van der Waals surface area contributed by atoms with Crippen molar-refractivity contribution < 1.29 is 23.9 Å². The molecule has 1 amide bonds. The van der Waals surface area contributed by atoms with E-state index in [2.05, 4.69) is 5.32 Å². The lowest BCUT2D eigenvalue weighted by atomic mass is 10.1. The number of ether oxygens (including phenoxy) is 2. The van der Waals surface area contributed by atoms with Gasteiger partial charge in [0.2, 0.25) is 5.78 Å². The topological polar surface area (TPSA) is 132 Å². The van der Waals surface area contributed by atoms with E-state index >= 15 is 0 Å². The van der Waals surface area contributed by atoms with E-state index in [0.717, 1.165) is 0 Å². The molecule has 0 fully saturated rings. The molecule has 0 aliphatic heterocycles. The highest BCUT2D eigenvalue weighted by molar-refractivity contribution is 6.01. The minimum absolute atomic E-state index is 0.0462. The zero-order valence-corrected chi connectivity index (χ0v) is 13.3. The van der Waals surface area contributed by atoms with Gasteiger partial charge in [0.15, 0.2) is 6.61 Å². The predicted molar refractivity (Wildman–Crippen MR) is 83.8 cm³/mol. The zero-order valence-electron chi connectivity index (χ0n) is 13.3. The van der Waals surface area contributed by atoms with Crippen LogP contribution in [0.1, 0.15) is 17.3 Å². The first-order chi connectivity index (χ1) is 11.4. The fourth-order valence-electron chi connectivity index (χ4n) is 1.66. The van der Waals surface area contributed by atoms with Gasteiger partial charge in [0.1, 0.15) is 23.9 Å². The van der Waals surface area contributed by atoms with Crippen molar-refractivity contribution in [3.05, 3.63) is 41.1 Å². The van der Waals surface area contributed by atoms with Gasteiger partial charge in [-0.15, -0.1) is 0 Å².